The van der Waals surface area contributed by atoms with E-state index in [0.717, 1.165) is 32.4 Å². The van der Waals surface area contributed by atoms with Gasteiger partial charge in [-0.05, 0) is 37.8 Å². The highest BCUT2D eigenvalue weighted by atomic mass is 16.3. The first-order valence-electron chi connectivity index (χ1n) is 7.51. The van der Waals surface area contributed by atoms with Gasteiger partial charge in [0.15, 0.2) is 0 Å². The number of primary amides is 1. The molecule has 2 aliphatic rings. The summed E-state index contributed by atoms with van der Waals surface area (Å²) in [5.74, 6) is -0.542. The number of nitrogens with two attached hydrogens (primary N) is 1. The Morgan fingerprint density at radius 1 is 1.14 bits per heavy atom. The molecular formula is C14H25N3O4. The molecule has 0 aromatic carbocycles. The maximum atomic E-state index is 11.6. The van der Waals surface area contributed by atoms with Gasteiger partial charge in [0.25, 0.3) is 0 Å². The summed E-state index contributed by atoms with van der Waals surface area (Å²) in [5, 5.41) is 18.7. The first-order valence-corrected chi connectivity index (χ1v) is 7.51. The van der Waals surface area contributed by atoms with Gasteiger partial charge >= 0.3 is 0 Å². The lowest BCUT2D eigenvalue weighted by atomic mass is 9.64. The molecular weight excluding hydrogens is 274 g/mol. The Hall–Kier alpha value is -1.18. The quantitative estimate of drug-likeness (QED) is 0.579. The molecule has 0 aromatic rings. The Balaban J connectivity index is 1.97. The van der Waals surface area contributed by atoms with Crippen LogP contribution < -0.4 is 5.73 Å². The van der Waals surface area contributed by atoms with Crippen LogP contribution in [0.2, 0.25) is 0 Å². The topological polar surface area (TPSA) is 107 Å². The van der Waals surface area contributed by atoms with Crippen LogP contribution in [0, 0.1) is 11.3 Å². The molecule has 7 heteroatoms. The molecule has 0 unspecified atom stereocenters. The molecule has 2 aliphatic heterocycles. The second-order valence-corrected chi connectivity index (χ2v) is 6.23. The molecule has 2 fully saturated rings. The van der Waals surface area contributed by atoms with Crippen LogP contribution in [0.3, 0.4) is 0 Å². The number of amides is 2. The summed E-state index contributed by atoms with van der Waals surface area (Å²) < 4.78 is 0. The van der Waals surface area contributed by atoms with Crippen LogP contribution in [0.25, 0.3) is 0 Å². The predicted octanol–water partition coefficient (Wildman–Crippen LogP) is -1.61. The third-order valence-electron chi connectivity index (χ3n) is 5.13. The van der Waals surface area contributed by atoms with E-state index in [-0.39, 0.29) is 36.3 Å². The van der Waals surface area contributed by atoms with Gasteiger partial charge in [-0.1, -0.05) is 0 Å². The Labute approximate surface area is 124 Å². The van der Waals surface area contributed by atoms with Gasteiger partial charge in [0.1, 0.15) is 6.61 Å². The van der Waals surface area contributed by atoms with Crippen molar-refractivity contribution in [3.63, 3.8) is 0 Å². The molecule has 2 heterocycles. The first kappa shape index (κ1) is 16.2. The van der Waals surface area contributed by atoms with Gasteiger partial charge in [-0.2, -0.15) is 0 Å². The number of rotatable bonds is 4. The van der Waals surface area contributed by atoms with E-state index >= 15 is 0 Å². The Bertz CT molecular complexity index is 394. The van der Waals surface area contributed by atoms with Crippen molar-refractivity contribution in [3.05, 3.63) is 0 Å². The van der Waals surface area contributed by atoms with Crippen molar-refractivity contribution in [2.45, 2.75) is 19.3 Å². The molecule has 0 aliphatic carbocycles. The number of aliphatic hydroxyl groups is 2. The van der Waals surface area contributed by atoms with Gasteiger partial charge in [-0.3, -0.25) is 14.5 Å². The molecule has 1 atom stereocenters. The van der Waals surface area contributed by atoms with Gasteiger partial charge < -0.3 is 20.8 Å². The van der Waals surface area contributed by atoms with Gasteiger partial charge in [0, 0.05) is 25.6 Å². The molecule has 4 N–H and O–H groups in total. The second kappa shape index (κ2) is 6.72. The van der Waals surface area contributed by atoms with Crippen molar-refractivity contribution in [1.29, 1.82) is 0 Å². The smallest absolute Gasteiger partial charge is 0.248 e. The highest BCUT2D eigenvalue weighted by Gasteiger charge is 2.45. The SMILES string of the molecule is NC(=O)CN1CCC2(CC1)CCN(C(=O)CO)C[C@@H]2CO. The maximum Gasteiger partial charge on any atom is 0.248 e. The van der Waals surface area contributed by atoms with E-state index in [1.54, 1.807) is 4.90 Å². The molecule has 2 rings (SSSR count). The van der Waals surface area contributed by atoms with Crippen LogP contribution in [-0.4, -0.2) is 77.8 Å². The number of aliphatic hydroxyl groups excluding tert-OH is 2. The molecule has 2 saturated heterocycles. The van der Waals surface area contributed by atoms with E-state index in [1.807, 2.05) is 4.90 Å². The molecule has 120 valence electrons. The summed E-state index contributed by atoms with van der Waals surface area (Å²) in [6.45, 7) is 2.59. The van der Waals surface area contributed by atoms with Gasteiger partial charge in [0.2, 0.25) is 11.8 Å². The van der Waals surface area contributed by atoms with E-state index in [1.165, 1.54) is 0 Å². The third-order valence-corrected chi connectivity index (χ3v) is 5.13. The van der Waals surface area contributed by atoms with Crippen LogP contribution in [-0.2, 0) is 9.59 Å². The summed E-state index contributed by atoms with van der Waals surface area (Å²) in [5.41, 5.74) is 5.26. The van der Waals surface area contributed by atoms with Crippen molar-refractivity contribution < 1.29 is 19.8 Å². The van der Waals surface area contributed by atoms with Crippen molar-refractivity contribution in [3.8, 4) is 0 Å². The van der Waals surface area contributed by atoms with Crippen LogP contribution in [0.1, 0.15) is 19.3 Å². The van der Waals surface area contributed by atoms with E-state index < -0.39 is 6.61 Å². The molecule has 0 saturated carbocycles. The highest BCUT2D eigenvalue weighted by molar-refractivity contribution is 5.77. The van der Waals surface area contributed by atoms with Crippen molar-refractivity contribution in [2.75, 3.05) is 45.9 Å². The Morgan fingerprint density at radius 3 is 2.29 bits per heavy atom. The van der Waals surface area contributed by atoms with E-state index in [2.05, 4.69) is 0 Å². The fraction of sp³-hybridized carbons (Fsp3) is 0.857. The summed E-state index contributed by atoms with van der Waals surface area (Å²) in [4.78, 5) is 26.3. The number of likely N-dealkylation sites (tertiary alicyclic amines) is 2. The monoisotopic (exact) mass is 299 g/mol. The zero-order valence-corrected chi connectivity index (χ0v) is 12.3. The standard InChI is InChI=1S/C14H25N3O4/c15-12(20)8-16-4-1-14(2-5-16)3-6-17(13(21)10-19)7-11(14)9-18/h11,18-19H,1-10H2,(H2,15,20)/t11-/m1/s1. The van der Waals surface area contributed by atoms with E-state index in [0.29, 0.717) is 13.1 Å². The Kier molecular flexibility index (Phi) is 5.18. The lowest BCUT2D eigenvalue weighted by molar-refractivity contribution is -0.141. The predicted molar refractivity (Wildman–Crippen MR) is 76.2 cm³/mol. The zero-order chi connectivity index (χ0) is 15.5. The van der Waals surface area contributed by atoms with Crippen LogP contribution in [0.4, 0.5) is 0 Å². The minimum Gasteiger partial charge on any atom is -0.396 e. The molecule has 7 nitrogen and oxygen atoms in total. The number of carbonyl (C=O) groups excluding carboxylic acids is 2. The molecule has 2 amide bonds. The minimum absolute atomic E-state index is 0.0368. The van der Waals surface area contributed by atoms with Gasteiger partial charge in [-0.15, -0.1) is 0 Å². The maximum absolute atomic E-state index is 11.6. The summed E-state index contributed by atoms with van der Waals surface area (Å²) >= 11 is 0. The van der Waals surface area contributed by atoms with E-state index in [9.17, 15) is 14.7 Å². The normalized spacial score (nSPS) is 26.0. The molecule has 0 radical (unpaired) electrons. The average molecular weight is 299 g/mol. The van der Waals surface area contributed by atoms with Gasteiger partial charge in [0.05, 0.1) is 6.54 Å². The second-order valence-electron chi connectivity index (χ2n) is 6.23. The average Bonchev–Trinajstić information content (AvgIpc) is 2.49. The first-order chi connectivity index (χ1) is 10.0. The van der Waals surface area contributed by atoms with Crippen LogP contribution in [0.15, 0.2) is 0 Å². The molecule has 21 heavy (non-hydrogen) atoms. The number of hydrogen-bond donors (Lipinski definition) is 3. The minimum atomic E-state index is -0.475. The fourth-order valence-electron chi connectivity index (χ4n) is 3.73. The van der Waals surface area contributed by atoms with Crippen LogP contribution in [0.5, 0.6) is 0 Å². The fourth-order valence-corrected chi connectivity index (χ4v) is 3.73. The number of hydrogen-bond acceptors (Lipinski definition) is 5. The van der Waals surface area contributed by atoms with Crippen molar-refractivity contribution >= 4 is 11.8 Å². The Morgan fingerprint density at radius 2 is 1.76 bits per heavy atom. The largest absolute Gasteiger partial charge is 0.396 e. The lowest BCUT2D eigenvalue weighted by Gasteiger charge is -2.51. The summed E-state index contributed by atoms with van der Waals surface area (Å²) in [7, 11) is 0. The number of piperidine rings is 2. The molecule has 1 spiro atoms. The number of nitrogens with zero attached hydrogens (tertiary/aromatic N) is 2. The zero-order valence-electron chi connectivity index (χ0n) is 12.3. The van der Waals surface area contributed by atoms with Crippen molar-refractivity contribution in [2.24, 2.45) is 17.1 Å². The number of carbonyl (C=O) groups is 2. The van der Waals surface area contributed by atoms with Gasteiger partial charge in [-0.25, -0.2) is 0 Å². The summed E-state index contributed by atoms with van der Waals surface area (Å²) in [6.07, 6.45) is 2.66. The van der Waals surface area contributed by atoms with Crippen LogP contribution >= 0.6 is 0 Å². The molecule has 0 bridgehead atoms. The summed E-state index contributed by atoms with van der Waals surface area (Å²) in [6, 6.07) is 0. The lowest BCUT2D eigenvalue weighted by Crippen LogP contribution is -2.55. The highest BCUT2D eigenvalue weighted by Crippen LogP contribution is 2.45. The third kappa shape index (κ3) is 3.53. The van der Waals surface area contributed by atoms with Crippen molar-refractivity contribution in [1.82, 2.24) is 9.80 Å². The molecule has 0 aromatic heterocycles. The van der Waals surface area contributed by atoms with E-state index in [4.69, 9.17) is 10.8 Å².